The molecule has 0 fully saturated rings. The zero-order valence-corrected chi connectivity index (χ0v) is 16.0. The van der Waals surface area contributed by atoms with Gasteiger partial charge in [0.05, 0.1) is 0 Å². The molecule has 8 heteroatoms. The summed E-state index contributed by atoms with van der Waals surface area (Å²) in [6.45, 7) is 6.44. The molecule has 0 bridgehead atoms. The van der Waals surface area contributed by atoms with Crippen LogP contribution in [0, 0.1) is 13.8 Å². The summed E-state index contributed by atoms with van der Waals surface area (Å²) in [6, 6.07) is 3.72. The van der Waals surface area contributed by atoms with Crippen LogP contribution >= 0.6 is 15.9 Å². The standard InChI is InChI=1S/C17H19BrN6O/c1-4-23(15-7-5-13(18)9-19-15)16(25)8-6-14-11(2)22-17-20-10-21-24(17)12(14)3/h5,7,9-10H,4,6,8H2,1-3H3. The number of fused-ring (bicyclic) bond motifs is 1. The van der Waals surface area contributed by atoms with Gasteiger partial charge in [-0.2, -0.15) is 10.1 Å². The monoisotopic (exact) mass is 402 g/mol. The number of rotatable bonds is 5. The molecule has 0 spiro atoms. The molecule has 130 valence electrons. The zero-order valence-electron chi connectivity index (χ0n) is 14.4. The third kappa shape index (κ3) is 3.53. The average Bonchev–Trinajstić information content (AvgIpc) is 3.05. The topological polar surface area (TPSA) is 76.3 Å². The molecule has 0 aliphatic carbocycles. The van der Waals surface area contributed by atoms with E-state index in [-0.39, 0.29) is 5.91 Å². The molecule has 3 aromatic rings. The highest BCUT2D eigenvalue weighted by Gasteiger charge is 2.17. The van der Waals surface area contributed by atoms with Gasteiger partial charge in [0.2, 0.25) is 5.91 Å². The molecule has 0 unspecified atom stereocenters. The van der Waals surface area contributed by atoms with Gasteiger partial charge < -0.3 is 0 Å². The van der Waals surface area contributed by atoms with Crippen molar-refractivity contribution in [2.45, 2.75) is 33.6 Å². The van der Waals surface area contributed by atoms with Crippen LogP contribution in [0.5, 0.6) is 0 Å². The van der Waals surface area contributed by atoms with Crippen molar-refractivity contribution in [3.05, 3.63) is 46.1 Å². The van der Waals surface area contributed by atoms with Crippen molar-refractivity contribution in [1.29, 1.82) is 0 Å². The van der Waals surface area contributed by atoms with Crippen LogP contribution in [-0.4, -0.2) is 37.0 Å². The first-order chi connectivity index (χ1) is 12.0. The van der Waals surface area contributed by atoms with Crippen molar-refractivity contribution in [2.75, 3.05) is 11.4 Å². The molecule has 3 rings (SSSR count). The Morgan fingerprint density at radius 1 is 1.28 bits per heavy atom. The second kappa shape index (κ2) is 7.26. The summed E-state index contributed by atoms with van der Waals surface area (Å²) in [5.74, 6) is 1.28. The lowest BCUT2D eigenvalue weighted by atomic mass is 10.1. The summed E-state index contributed by atoms with van der Waals surface area (Å²) in [7, 11) is 0. The Bertz CT molecular complexity index is 905. The predicted molar refractivity (Wildman–Crippen MR) is 98.5 cm³/mol. The van der Waals surface area contributed by atoms with Gasteiger partial charge in [0.1, 0.15) is 12.1 Å². The van der Waals surface area contributed by atoms with Crippen molar-refractivity contribution < 1.29 is 4.79 Å². The third-order valence-electron chi connectivity index (χ3n) is 4.18. The van der Waals surface area contributed by atoms with E-state index in [1.807, 2.05) is 32.9 Å². The first-order valence-electron chi connectivity index (χ1n) is 8.09. The average molecular weight is 403 g/mol. The Morgan fingerprint density at radius 3 is 2.76 bits per heavy atom. The predicted octanol–water partition coefficient (Wildman–Crippen LogP) is 2.88. The van der Waals surface area contributed by atoms with E-state index in [4.69, 9.17) is 0 Å². The molecule has 25 heavy (non-hydrogen) atoms. The fraction of sp³-hybridized carbons (Fsp3) is 0.353. The first kappa shape index (κ1) is 17.5. The zero-order chi connectivity index (χ0) is 18.0. The van der Waals surface area contributed by atoms with Gasteiger partial charge in [-0.25, -0.2) is 14.5 Å². The van der Waals surface area contributed by atoms with Crippen molar-refractivity contribution in [3.63, 3.8) is 0 Å². The molecule has 0 saturated heterocycles. The number of amides is 1. The number of carbonyl (C=O) groups is 1. The summed E-state index contributed by atoms with van der Waals surface area (Å²) < 4.78 is 2.60. The molecule has 3 aromatic heterocycles. The van der Waals surface area contributed by atoms with E-state index in [0.717, 1.165) is 21.4 Å². The minimum atomic E-state index is 0.0369. The lowest BCUT2D eigenvalue weighted by molar-refractivity contribution is -0.118. The number of carbonyl (C=O) groups excluding carboxylic acids is 1. The highest BCUT2D eigenvalue weighted by atomic mass is 79.9. The van der Waals surface area contributed by atoms with E-state index in [9.17, 15) is 4.79 Å². The molecule has 0 N–H and O–H groups in total. The summed E-state index contributed by atoms with van der Waals surface area (Å²) in [5.41, 5.74) is 2.89. The maximum Gasteiger partial charge on any atom is 0.252 e. The molecular formula is C17H19BrN6O. The minimum absolute atomic E-state index is 0.0369. The first-order valence-corrected chi connectivity index (χ1v) is 8.88. The van der Waals surface area contributed by atoms with E-state index < -0.39 is 0 Å². The largest absolute Gasteiger partial charge is 0.297 e. The third-order valence-corrected chi connectivity index (χ3v) is 4.65. The summed E-state index contributed by atoms with van der Waals surface area (Å²) in [5, 5.41) is 4.19. The molecule has 0 saturated carbocycles. The second-order valence-electron chi connectivity index (χ2n) is 5.71. The lowest BCUT2D eigenvalue weighted by Crippen LogP contribution is -2.31. The van der Waals surface area contributed by atoms with Gasteiger partial charge in [-0.05, 0) is 60.8 Å². The van der Waals surface area contributed by atoms with Crippen LogP contribution in [0.3, 0.4) is 0 Å². The number of aryl methyl sites for hydroxylation is 2. The van der Waals surface area contributed by atoms with Crippen LogP contribution in [0.4, 0.5) is 5.82 Å². The molecule has 0 aliphatic rings. The summed E-state index contributed by atoms with van der Waals surface area (Å²) in [4.78, 5) is 27.3. The normalized spacial score (nSPS) is 11.0. The Labute approximate surface area is 154 Å². The van der Waals surface area contributed by atoms with Crippen LogP contribution in [-0.2, 0) is 11.2 Å². The minimum Gasteiger partial charge on any atom is -0.297 e. The van der Waals surface area contributed by atoms with E-state index >= 15 is 0 Å². The number of anilines is 1. The molecule has 1 amide bonds. The fourth-order valence-corrected chi connectivity index (χ4v) is 3.11. The maximum absolute atomic E-state index is 12.7. The Balaban J connectivity index is 1.78. The molecule has 0 radical (unpaired) electrons. The van der Waals surface area contributed by atoms with Crippen LogP contribution < -0.4 is 4.90 Å². The fourth-order valence-electron chi connectivity index (χ4n) is 2.88. The summed E-state index contributed by atoms with van der Waals surface area (Å²) >= 11 is 3.36. The van der Waals surface area contributed by atoms with Gasteiger partial charge in [-0.3, -0.25) is 9.69 Å². The number of pyridine rings is 1. The molecule has 0 aliphatic heterocycles. The lowest BCUT2D eigenvalue weighted by Gasteiger charge is -2.20. The van der Waals surface area contributed by atoms with Gasteiger partial charge in [0, 0.05) is 35.0 Å². The van der Waals surface area contributed by atoms with E-state index in [0.29, 0.717) is 31.0 Å². The number of hydrogen-bond acceptors (Lipinski definition) is 5. The number of aromatic nitrogens is 5. The number of hydrogen-bond donors (Lipinski definition) is 0. The molecule has 3 heterocycles. The van der Waals surface area contributed by atoms with Crippen LogP contribution in [0.25, 0.3) is 5.78 Å². The van der Waals surface area contributed by atoms with Crippen LogP contribution in [0.2, 0.25) is 0 Å². The smallest absolute Gasteiger partial charge is 0.252 e. The molecular weight excluding hydrogens is 384 g/mol. The van der Waals surface area contributed by atoms with Gasteiger partial charge in [0.25, 0.3) is 5.78 Å². The SMILES string of the molecule is CCN(C(=O)CCc1c(C)nc2ncnn2c1C)c1ccc(Br)cn1. The molecule has 0 aromatic carbocycles. The Morgan fingerprint density at radius 2 is 2.08 bits per heavy atom. The van der Waals surface area contributed by atoms with E-state index in [2.05, 4.69) is 36.0 Å². The van der Waals surface area contributed by atoms with Gasteiger partial charge in [-0.15, -0.1) is 0 Å². The highest BCUT2D eigenvalue weighted by Crippen LogP contribution is 2.18. The van der Waals surface area contributed by atoms with Gasteiger partial charge in [-0.1, -0.05) is 0 Å². The van der Waals surface area contributed by atoms with Crippen molar-refractivity contribution in [1.82, 2.24) is 24.6 Å². The number of halogens is 1. The highest BCUT2D eigenvalue weighted by molar-refractivity contribution is 9.10. The van der Waals surface area contributed by atoms with Crippen molar-refractivity contribution in [3.8, 4) is 0 Å². The van der Waals surface area contributed by atoms with Crippen molar-refractivity contribution in [2.24, 2.45) is 0 Å². The number of nitrogens with zero attached hydrogens (tertiary/aromatic N) is 6. The van der Waals surface area contributed by atoms with E-state index in [1.54, 1.807) is 15.6 Å². The van der Waals surface area contributed by atoms with Gasteiger partial charge in [0.15, 0.2) is 0 Å². The second-order valence-corrected chi connectivity index (χ2v) is 6.62. The van der Waals surface area contributed by atoms with Gasteiger partial charge >= 0.3 is 0 Å². The quantitative estimate of drug-likeness (QED) is 0.655. The Hall–Kier alpha value is -2.35. The van der Waals surface area contributed by atoms with Crippen molar-refractivity contribution >= 4 is 33.4 Å². The van der Waals surface area contributed by atoms with E-state index in [1.165, 1.54) is 6.33 Å². The summed E-state index contributed by atoms with van der Waals surface area (Å²) in [6.07, 6.45) is 4.17. The van der Waals surface area contributed by atoms with Crippen LogP contribution in [0.15, 0.2) is 29.1 Å². The Kier molecular flexibility index (Phi) is 5.08. The molecule has 7 nitrogen and oxygen atoms in total. The maximum atomic E-state index is 12.7. The molecule has 0 atom stereocenters. The van der Waals surface area contributed by atoms with Crippen LogP contribution in [0.1, 0.15) is 30.3 Å².